The maximum Gasteiger partial charge on any atom is 0.299 e. The normalized spacial score (nSPS) is 17.1. The van der Waals surface area contributed by atoms with Gasteiger partial charge in [0.1, 0.15) is 5.56 Å². The Morgan fingerprint density at radius 2 is 1.67 bits per heavy atom. The van der Waals surface area contributed by atoms with Crippen molar-refractivity contribution in [1.82, 2.24) is 4.90 Å². The second-order valence-electron chi connectivity index (χ2n) is 8.51. The summed E-state index contributed by atoms with van der Waals surface area (Å²) < 4.78 is 41.3. The number of sulfone groups is 1. The van der Waals surface area contributed by atoms with Gasteiger partial charge in [-0.05, 0) is 24.3 Å². The molecule has 3 aromatic rings. The number of nitrogens with one attached hydrogen (secondary N) is 1. The number of alkyl halides is 2. The summed E-state index contributed by atoms with van der Waals surface area (Å²) in [5, 5.41) is 2.70. The van der Waals surface area contributed by atoms with Crippen molar-refractivity contribution in [2.45, 2.75) is 14.8 Å². The minimum atomic E-state index is -4.70. The quantitative estimate of drug-likeness (QED) is 0.224. The molecule has 2 unspecified atom stereocenters. The number of hydrogen-bond donors (Lipinski definition) is 1. The first kappa shape index (κ1) is 28.7. The van der Waals surface area contributed by atoms with Crippen LogP contribution in [0.1, 0.15) is 15.9 Å². The van der Waals surface area contributed by atoms with Crippen LogP contribution in [0.4, 0.5) is 5.69 Å². The lowest BCUT2D eigenvalue weighted by Gasteiger charge is -2.37. The van der Waals surface area contributed by atoms with Gasteiger partial charge >= 0.3 is 0 Å². The number of para-hydroxylation sites is 1. The Morgan fingerprint density at radius 3 is 2.33 bits per heavy atom. The molecule has 39 heavy (non-hydrogen) atoms. The van der Waals surface area contributed by atoms with Gasteiger partial charge in [-0.15, -0.1) is 0 Å². The van der Waals surface area contributed by atoms with Crippen LogP contribution in [0.3, 0.4) is 0 Å². The topological polar surface area (TPSA) is 111 Å². The van der Waals surface area contributed by atoms with Gasteiger partial charge in [-0.25, -0.2) is 8.42 Å². The lowest BCUT2D eigenvalue weighted by atomic mass is 10.0. The molecule has 1 amide bonds. The lowest BCUT2D eigenvalue weighted by molar-refractivity contribution is -0.136. The van der Waals surface area contributed by atoms with Crippen LogP contribution in [0.25, 0.3) is 0 Å². The molecule has 9 nitrogen and oxygen atoms in total. The van der Waals surface area contributed by atoms with Crippen LogP contribution in [0, 0.1) is 0 Å². The van der Waals surface area contributed by atoms with Crippen molar-refractivity contribution < 1.29 is 32.2 Å². The highest BCUT2D eigenvalue weighted by atomic mass is 35.5. The van der Waals surface area contributed by atoms with Gasteiger partial charge < -0.3 is 24.4 Å². The van der Waals surface area contributed by atoms with E-state index in [2.05, 4.69) is 5.32 Å². The van der Waals surface area contributed by atoms with Gasteiger partial charge in [-0.3, -0.25) is 9.59 Å². The third-order valence-corrected chi connectivity index (χ3v) is 9.15. The molecule has 12 heteroatoms. The molecule has 0 aliphatic carbocycles. The highest BCUT2D eigenvalue weighted by Gasteiger charge is 2.53. The van der Waals surface area contributed by atoms with Crippen LogP contribution < -0.4 is 14.8 Å². The van der Waals surface area contributed by atoms with Crippen molar-refractivity contribution in [2.75, 3.05) is 39.2 Å². The number of methoxy groups -OCH3 is 2. The number of anilines is 1. The Morgan fingerprint density at radius 1 is 1.00 bits per heavy atom. The summed E-state index contributed by atoms with van der Waals surface area (Å²) in [5.41, 5.74) is -0.297. The van der Waals surface area contributed by atoms with Gasteiger partial charge in [0, 0.05) is 29.4 Å². The fourth-order valence-corrected chi connectivity index (χ4v) is 6.27. The van der Waals surface area contributed by atoms with Crippen LogP contribution in [-0.4, -0.2) is 68.8 Å². The highest BCUT2D eigenvalue weighted by molar-refractivity contribution is 7.95. The zero-order valence-electron chi connectivity index (χ0n) is 21.1. The molecule has 0 radical (unpaired) electrons. The molecule has 1 fully saturated rings. The van der Waals surface area contributed by atoms with E-state index >= 15 is 0 Å². The minimum absolute atomic E-state index is 0.0504. The number of nitrogens with zero attached hydrogens (tertiary/aromatic N) is 1. The smallest absolute Gasteiger partial charge is 0.299 e. The van der Waals surface area contributed by atoms with Crippen molar-refractivity contribution in [2.24, 2.45) is 0 Å². The summed E-state index contributed by atoms with van der Waals surface area (Å²) in [5.74, 6) is -0.958. The standard InChI is InChI=1S/C27H26Cl2N2O7S/c1-36-22-13-12-19(16-23(22)37-2)39(34,35)27(29,26(33)31-14-15-38-24(28)17-31)30-21-11-7-6-10-20(21)25(32)18-8-4-3-5-9-18/h3-13,16,24,30H,14-15,17H2,1-2H3. The molecule has 3 aromatic carbocycles. The molecule has 0 bridgehead atoms. The third kappa shape index (κ3) is 5.69. The van der Waals surface area contributed by atoms with Gasteiger partial charge in [-0.2, -0.15) is 0 Å². The second kappa shape index (κ2) is 11.8. The maximum atomic E-state index is 14.2. The van der Waals surface area contributed by atoms with E-state index in [1.54, 1.807) is 42.5 Å². The number of halogens is 2. The van der Waals surface area contributed by atoms with E-state index in [-0.39, 0.29) is 53.1 Å². The van der Waals surface area contributed by atoms with Crippen molar-refractivity contribution >= 4 is 50.4 Å². The lowest BCUT2D eigenvalue weighted by Crippen LogP contribution is -2.58. The molecular formula is C27H26Cl2N2O7S. The van der Waals surface area contributed by atoms with E-state index in [0.717, 1.165) is 0 Å². The molecule has 206 valence electrons. The van der Waals surface area contributed by atoms with Crippen LogP contribution in [0.5, 0.6) is 11.5 Å². The molecule has 1 saturated heterocycles. The molecule has 4 rings (SSSR count). The Balaban J connectivity index is 1.84. The SMILES string of the molecule is COc1ccc(S(=O)(=O)C(Cl)(Nc2ccccc2C(=O)c2ccccc2)C(=O)N2CCOC(Cl)C2)cc1OC. The number of carbonyl (C=O) groups excluding carboxylic acids is 2. The first-order valence-corrected chi connectivity index (χ1v) is 14.1. The zero-order chi connectivity index (χ0) is 28.2. The van der Waals surface area contributed by atoms with E-state index in [0.29, 0.717) is 5.56 Å². The fourth-order valence-electron chi connectivity index (χ4n) is 4.09. The van der Waals surface area contributed by atoms with E-state index in [4.69, 9.17) is 37.4 Å². The van der Waals surface area contributed by atoms with Gasteiger partial charge in [-0.1, -0.05) is 65.7 Å². The van der Waals surface area contributed by atoms with Gasteiger partial charge in [0.2, 0.25) is 9.84 Å². The molecule has 0 spiro atoms. The summed E-state index contributed by atoms with van der Waals surface area (Å²) in [4.78, 5) is 28.2. The number of amides is 1. The summed E-state index contributed by atoms with van der Waals surface area (Å²) in [7, 11) is -1.94. The third-order valence-electron chi connectivity index (χ3n) is 6.12. The van der Waals surface area contributed by atoms with E-state index < -0.39 is 25.6 Å². The number of ketones is 1. The first-order valence-electron chi connectivity index (χ1n) is 11.8. The Labute approximate surface area is 236 Å². The molecule has 0 aromatic heterocycles. The largest absolute Gasteiger partial charge is 0.493 e. The summed E-state index contributed by atoms with van der Waals surface area (Å²) in [6.07, 6.45) is 0. The van der Waals surface area contributed by atoms with Crippen molar-refractivity contribution in [1.29, 1.82) is 0 Å². The predicted octanol–water partition coefficient (Wildman–Crippen LogP) is 4.14. The first-order chi connectivity index (χ1) is 18.6. The van der Waals surface area contributed by atoms with E-state index in [9.17, 15) is 18.0 Å². The molecular weight excluding hydrogens is 567 g/mol. The number of hydrogen-bond acceptors (Lipinski definition) is 8. The van der Waals surface area contributed by atoms with Crippen molar-refractivity contribution in [3.8, 4) is 11.5 Å². The molecule has 1 heterocycles. The second-order valence-corrected chi connectivity index (χ2v) is 11.9. The zero-order valence-corrected chi connectivity index (χ0v) is 23.4. The Hall–Kier alpha value is -3.31. The van der Waals surface area contributed by atoms with Crippen molar-refractivity contribution in [3.63, 3.8) is 0 Å². The van der Waals surface area contributed by atoms with Gasteiger partial charge in [0.25, 0.3) is 10.2 Å². The number of benzene rings is 3. The van der Waals surface area contributed by atoms with Gasteiger partial charge in [0.15, 0.2) is 17.3 Å². The predicted molar refractivity (Wildman–Crippen MR) is 147 cm³/mol. The minimum Gasteiger partial charge on any atom is -0.493 e. The molecule has 2 atom stereocenters. The van der Waals surface area contributed by atoms with E-state index in [1.807, 2.05) is 0 Å². The van der Waals surface area contributed by atoms with E-state index in [1.165, 1.54) is 49.5 Å². The van der Waals surface area contributed by atoms with Crippen LogP contribution in [0.2, 0.25) is 0 Å². The van der Waals surface area contributed by atoms with Crippen molar-refractivity contribution in [3.05, 3.63) is 83.9 Å². The average molecular weight is 593 g/mol. The monoisotopic (exact) mass is 592 g/mol. The average Bonchev–Trinajstić information content (AvgIpc) is 2.96. The highest BCUT2D eigenvalue weighted by Crippen LogP contribution is 2.38. The summed E-state index contributed by atoms with van der Waals surface area (Å²) in [6.45, 7) is 0.0548. The van der Waals surface area contributed by atoms with Crippen LogP contribution in [-0.2, 0) is 19.4 Å². The van der Waals surface area contributed by atoms with Gasteiger partial charge in [0.05, 0.1) is 32.3 Å². The molecule has 1 N–H and O–H groups in total. The summed E-state index contributed by atoms with van der Waals surface area (Å²) in [6, 6.07) is 18.5. The van der Waals surface area contributed by atoms with Crippen LogP contribution in [0.15, 0.2) is 77.7 Å². The summed E-state index contributed by atoms with van der Waals surface area (Å²) >= 11 is 13.0. The molecule has 1 aliphatic heterocycles. The maximum absolute atomic E-state index is 14.2. The number of ether oxygens (including phenoxy) is 3. The number of morpholine rings is 1. The Kier molecular flexibility index (Phi) is 8.70. The molecule has 1 aliphatic rings. The molecule has 0 saturated carbocycles. The Bertz CT molecular complexity index is 1470. The fraction of sp³-hybridized carbons (Fsp3) is 0.259. The number of rotatable bonds is 9. The number of carbonyl (C=O) groups is 2. The van der Waals surface area contributed by atoms with Crippen LogP contribution >= 0.6 is 23.2 Å².